The Morgan fingerprint density at radius 2 is 2.04 bits per heavy atom. The molecule has 1 aromatic heterocycles. The molecule has 1 aliphatic heterocycles. The molecule has 2 fully saturated rings. The minimum absolute atomic E-state index is 0.0825. The number of amides is 1. The topological polar surface area (TPSA) is 54.5 Å². The van der Waals surface area contributed by atoms with Crippen LogP contribution in [0.5, 0.6) is 0 Å². The van der Waals surface area contributed by atoms with Gasteiger partial charge in [-0.2, -0.15) is 0 Å². The van der Waals surface area contributed by atoms with Gasteiger partial charge in [0.25, 0.3) is 0 Å². The fourth-order valence-electron chi connectivity index (χ4n) is 3.33. The Kier molecular flexibility index (Phi) is 5.21. The summed E-state index contributed by atoms with van der Waals surface area (Å²) < 4.78 is 5.43. The summed E-state index contributed by atoms with van der Waals surface area (Å²) in [7, 11) is 0. The maximum Gasteiger partial charge on any atom is 0.231 e. The molecule has 5 heteroatoms. The number of hydrogen-bond acceptors (Lipinski definition) is 4. The normalized spacial score (nSPS) is 19.3. The van der Waals surface area contributed by atoms with Gasteiger partial charge < -0.3 is 10.1 Å². The van der Waals surface area contributed by atoms with E-state index >= 15 is 0 Å². The number of nitrogens with zero attached hydrogens (tertiary/aromatic N) is 2. The van der Waals surface area contributed by atoms with Crippen molar-refractivity contribution < 1.29 is 9.53 Å². The van der Waals surface area contributed by atoms with E-state index in [2.05, 4.69) is 28.2 Å². The summed E-state index contributed by atoms with van der Waals surface area (Å²) in [6.07, 6.45) is 5.18. The van der Waals surface area contributed by atoms with E-state index in [-0.39, 0.29) is 11.3 Å². The van der Waals surface area contributed by atoms with Crippen LogP contribution in [0, 0.1) is 11.3 Å². The smallest absolute Gasteiger partial charge is 0.231 e. The van der Waals surface area contributed by atoms with Gasteiger partial charge in [0, 0.05) is 31.2 Å². The number of pyridine rings is 1. The van der Waals surface area contributed by atoms with Crippen molar-refractivity contribution in [3.8, 4) is 0 Å². The molecule has 24 heavy (non-hydrogen) atoms. The lowest BCUT2D eigenvalue weighted by atomic mass is 9.86. The molecule has 0 unspecified atom stereocenters. The van der Waals surface area contributed by atoms with E-state index in [0.29, 0.717) is 11.7 Å². The number of anilines is 1. The Balaban J connectivity index is 1.71. The average Bonchev–Trinajstić information content (AvgIpc) is 3.41. The molecular weight excluding hydrogens is 302 g/mol. The van der Waals surface area contributed by atoms with Crippen LogP contribution in [0.25, 0.3) is 0 Å². The van der Waals surface area contributed by atoms with E-state index in [9.17, 15) is 4.79 Å². The SMILES string of the molecule is CCc1cnc(NC(=O)C(C)(C)C2CC2)cc1CN1CCOCC1. The molecule has 0 radical (unpaired) electrons. The Bertz CT molecular complexity index is 590. The van der Waals surface area contributed by atoms with Gasteiger partial charge in [0.2, 0.25) is 5.91 Å². The van der Waals surface area contributed by atoms with Crippen molar-refractivity contribution >= 4 is 11.7 Å². The van der Waals surface area contributed by atoms with E-state index in [0.717, 1.165) is 52.1 Å². The molecule has 1 aromatic rings. The zero-order valence-corrected chi connectivity index (χ0v) is 15.1. The third-order valence-corrected chi connectivity index (χ3v) is 5.39. The minimum Gasteiger partial charge on any atom is -0.379 e. The van der Waals surface area contributed by atoms with Gasteiger partial charge in [-0.3, -0.25) is 9.69 Å². The first-order valence-corrected chi connectivity index (χ1v) is 9.10. The number of rotatable bonds is 6. The van der Waals surface area contributed by atoms with Crippen molar-refractivity contribution in [2.24, 2.45) is 11.3 Å². The van der Waals surface area contributed by atoms with Crippen LogP contribution in [-0.2, 0) is 22.5 Å². The van der Waals surface area contributed by atoms with Gasteiger partial charge in [-0.25, -0.2) is 4.98 Å². The molecule has 1 N–H and O–H groups in total. The first-order chi connectivity index (χ1) is 11.5. The van der Waals surface area contributed by atoms with E-state index in [1.54, 1.807) is 0 Å². The molecule has 132 valence electrons. The van der Waals surface area contributed by atoms with Crippen LogP contribution in [0.1, 0.15) is 44.7 Å². The number of aryl methyl sites for hydroxylation is 1. The average molecular weight is 331 g/mol. The van der Waals surface area contributed by atoms with Gasteiger partial charge in [0.15, 0.2) is 0 Å². The number of nitrogens with one attached hydrogen (secondary N) is 1. The number of hydrogen-bond donors (Lipinski definition) is 1. The monoisotopic (exact) mass is 331 g/mol. The van der Waals surface area contributed by atoms with Crippen molar-refractivity contribution in [1.82, 2.24) is 9.88 Å². The second-order valence-corrected chi connectivity index (χ2v) is 7.53. The van der Waals surface area contributed by atoms with Crippen LogP contribution in [0.4, 0.5) is 5.82 Å². The summed E-state index contributed by atoms with van der Waals surface area (Å²) in [5, 5.41) is 3.04. The van der Waals surface area contributed by atoms with Gasteiger partial charge in [-0.05, 0) is 42.4 Å². The summed E-state index contributed by atoms with van der Waals surface area (Å²) in [4.78, 5) is 19.5. The first kappa shape index (κ1) is 17.4. The van der Waals surface area contributed by atoms with E-state index in [4.69, 9.17) is 4.74 Å². The van der Waals surface area contributed by atoms with Crippen LogP contribution >= 0.6 is 0 Å². The van der Waals surface area contributed by atoms with Crippen molar-refractivity contribution in [2.45, 2.75) is 46.6 Å². The summed E-state index contributed by atoms with van der Waals surface area (Å²) in [5.74, 6) is 1.27. The predicted octanol–water partition coefficient (Wildman–Crippen LogP) is 2.85. The molecule has 3 rings (SSSR count). The van der Waals surface area contributed by atoms with Crippen molar-refractivity contribution in [2.75, 3.05) is 31.6 Å². The third-order valence-electron chi connectivity index (χ3n) is 5.39. The molecule has 2 heterocycles. The van der Waals surface area contributed by atoms with Crippen molar-refractivity contribution in [3.63, 3.8) is 0 Å². The Morgan fingerprint density at radius 3 is 2.67 bits per heavy atom. The zero-order chi connectivity index (χ0) is 17.2. The molecule has 0 aromatic carbocycles. The third kappa shape index (κ3) is 3.95. The number of morpholine rings is 1. The van der Waals surface area contributed by atoms with E-state index < -0.39 is 0 Å². The standard InChI is InChI=1S/C19H29N3O2/c1-4-14-12-20-17(21-18(23)19(2,3)16-5-6-16)11-15(14)13-22-7-9-24-10-8-22/h11-12,16H,4-10,13H2,1-3H3,(H,20,21,23). The molecule has 2 aliphatic rings. The Hall–Kier alpha value is -1.46. The second kappa shape index (κ2) is 7.19. The fourth-order valence-corrected chi connectivity index (χ4v) is 3.33. The number of ether oxygens (including phenoxy) is 1. The van der Waals surface area contributed by atoms with Crippen molar-refractivity contribution in [3.05, 3.63) is 23.4 Å². The van der Waals surface area contributed by atoms with Gasteiger partial charge in [-0.1, -0.05) is 20.8 Å². The predicted molar refractivity (Wildman–Crippen MR) is 94.8 cm³/mol. The quantitative estimate of drug-likeness (QED) is 0.871. The van der Waals surface area contributed by atoms with Crippen LogP contribution in [0.3, 0.4) is 0 Å². The number of carbonyl (C=O) groups is 1. The maximum atomic E-state index is 12.6. The van der Waals surface area contributed by atoms with Gasteiger partial charge in [0.05, 0.1) is 13.2 Å². The highest BCUT2D eigenvalue weighted by atomic mass is 16.5. The van der Waals surface area contributed by atoms with Crippen molar-refractivity contribution in [1.29, 1.82) is 0 Å². The van der Waals surface area contributed by atoms with Gasteiger partial charge in [-0.15, -0.1) is 0 Å². The van der Waals surface area contributed by atoms with Gasteiger partial charge >= 0.3 is 0 Å². The first-order valence-electron chi connectivity index (χ1n) is 9.10. The van der Waals surface area contributed by atoms with E-state index in [1.165, 1.54) is 11.1 Å². The highest BCUT2D eigenvalue weighted by molar-refractivity contribution is 5.94. The summed E-state index contributed by atoms with van der Waals surface area (Å²) in [6.45, 7) is 10.6. The van der Waals surface area contributed by atoms with Gasteiger partial charge in [0.1, 0.15) is 5.82 Å². The lowest BCUT2D eigenvalue weighted by Crippen LogP contribution is -2.36. The Morgan fingerprint density at radius 1 is 1.33 bits per heavy atom. The molecular formula is C19H29N3O2. The maximum absolute atomic E-state index is 12.6. The zero-order valence-electron chi connectivity index (χ0n) is 15.1. The molecule has 0 bridgehead atoms. The Labute approximate surface area is 144 Å². The summed E-state index contributed by atoms with van der Waals surface area (Å²) >= 11 is 0. The molecule has 0 atom stereocenters. The fraction of sp³-hybridized carbons (Fsp3) is 0.684. The highest BCUT2D eigenvalue weighted by Gasteiger charge is 2.43. The molecule has 1 amide bonds. The molecule has 1 aliphatic carbocycles. The second-order valence-electron chi connectivity index (χ2n) is 7.53. The van der Waals surface area contributed by atoms with Crippen LogP contribution in [0.15, 0.2) is 12.3 Å². The lowest BCUT2D eigenvalue weighted by Gasteiger charge is -2.27. The minimum atomic E-state index is -0.310. The molecule has 5 nitrogen and oxygen atoms in total. The van der Waals surface area contributed by atoms with E-state index in [1.807, 2.05) is 20.0 Å². The largest absolute Gasteiger partial charge is 0.379 e. The van der Waals surface area contributed by atoms with Crippen LogP contribution < -0.4 is 5.32 Å². The van der Waals surface area contributed by atoms with Crippen LogP contribution in [-0.4, -0.2) is 42.1 Å². The summed E-state index contributed by atoms with van der Waals surface area (Å²) in [5.41, 5.74) is 2.20. The molecule has 0 spiro atoms. The molecule has 1 saturated carbocycles. The lowest BCUT2D eigenvalue weighted by molar-refractivity contribution is -0.124. The number of carbonyl (C=O) groups excluding carboxylic acids is 1. The highest BCUT2D eigenvalue weighted by Crippen LogP contribution is 2.45. The van der Waals surface area contributed by atoms with Crippen LogP contribution in [0.2, 0.25) is 0 Å². The number of aromatic nitrogens is 1. The molecule has 1 saturated heterocycles. The summed E-state index contributed by atoms with van der Waals surface area (Å²) in [6, 6.07) is 2.05.